The molecule has 9 heteroatoms. The normalized spacial score (nSPS) is 10.4. The minimum atomic E-state index is -0.490. The van der Waals surface area contributed by atoms with Crippen LogP contribution in [0.1, 0.15) is 0 Å². The van der Waals surface area contributed by atoms with E-state index in [1.807, 2.05) is 12.1 Å². The molecular weight excluding hydrogens is 482 g/mol. The number of anilines is 3. The van der Waals surface area contributed by atoms with Crippen molar-refractivity contribution >= 4 is 60.3 Å². The first kappa shape index (κ1) is 19.0. The maximum absolute atomic E-state index is 11.6. The number of halogens is 2. The Labute approximate surface area is 170 Å². The smallest absolute Gasteiger partial charge is 0.294 e. The van der Waals surface area contributed by atoms with Gasteiger partial charge in [0.15, 0.2) is 0 Å². The summed E-state index contributed by atoms with van der Waals surface area (Å²) in [5, 5.41) is 22.5. The molecule has 0 heterocycles. The summed E-state index contributed by atoms with van der Waals surface area (Å²) in [7, 11) is 0. The van der Waals surface area contributed by atoms with E-state index in [0.717, 1.165) is 4.47 Å². The van der Waals surface area contributed by atoms with Gasteiger partial charge in [0.25, 0.3) is 11.4 Å². The Balaban J connectivity index is 2.21. The number of hydrogen-bond acceptors (Lipinski definition) is 5. The molecule has 0 aliphatic carbocycles. The van der Waals surface area contributed by atoms with Crippen LogP contribution in [0.2, 0.25) is 0 Å². The molecule has 3 aromatic rings. The highest BCUT2D eigenvalue weighted by atomic mass is 79.9. The number of nitro benzene ring substituents is 2. The Kier molecular flexibility index (Phi) is 5.52. The van der Waals surface area contributed by atoms with Gasteiger partial charge >= 0.3 is 0 Å². The van der Waals surface area contributed by atoms with Crippen LogP contribution in [0.5, 0.6) is 0 Å². The molecule has 0 atom stereocenters. The standard InChI is InChI=1S/C18H11Br2N3O4/c19-12-1-4-14(5-2-12)21(15-6-8-16(9-7-15)22(24)25)17-10-3-13(20)11-18(17)23(26)27/h1-11H. The molecule has 0 spiro atoms. The third-order valence-corrected chi connectivity index (χ3v) is 4.80. The molecule has 0 aromatic heterocycles. The van der Waals surface area contributed by atoms with Gasteiger partial charge in [-0.1, -0.05) is 31.9 Å². The van der Waals surface area contributed by atoms with Gasteiger partial charge in [-0.05, 0) is 48.5 Å². The van der Waals surface area contributed by atoms with Gasteiger partial charge in [0.1, 0.15) is 5.69 Å². The van der Waals surface area contributed by atoms with Crippen LogP contribution in [0.15, 0.2) is 75.7 Å². The lowest BCUT2D eigenvalue weighted by atomic mass is 10.1. The molecule has 0 saturated carbocycles. The number of nitro groups is 2. The van der Waals surface area contributed by atoms with E-state index in [0.29, 0.717) is 21.5 Å². The first-order valence-corrected chi connectivity index (χ1v) is 9.19. The summed E-state index contributed by atoms with van der Waals surface area (Å²) in [4.78, 5) is 23.3. The summed E-state index contributed by atoms with van der Waals surface area (Å²) in [5.41, 5.74) is 1.44. The third-order valence-electron chi connectivity index (χ3n) is 3.78. The highest BCUT2D eigenvalue weighted by Gasteiger charge is 2.23. The highest BCUT2D eigenvalue weighted by Crippen LogP contribution is 2.41. The van der Waals surface area contributed by atoms with Crippen molar-refractivity contribution in [2.24, 2.45) is 0 Å². The van der Waals surface area contributed by atoms with Crippen molar-refractivity contribution in [1.29, 1.82) is 0 Å². The predicted octanol–water partition coefficient (Wildman–Crippen LogP) is 6.50. The molecule has 3 rings (SSSR count). The molecule has 7 nitrogen and oxygen atoms in total. The van der Waals surface area contributed by atoms with E-state index in [4.69, 9.17) is 0 Å². The largest absolute Gasteiger partial charge is 0.304 e. The fourth-order valence-corrected chi connectivity index (χ4v) is 3.19. The minimum Gasteiger partial charge on any atom is -0.304 e. The fourth-order valence-electron chi connectivity index (χ4n) is 2.57. The van der Waals surface area contributed by atoms with Crippen LogP contribution in [0.25, 0.3) is 0 Å². The monoisotopic (exact) mass is 491 g/mol. The molecule has 0 saturated heterocycles. The zero-order valence-electron chi connectivity index (χ0n) is 13.6. The molecule has 136 valence electrons. The maximum Gasteiger partial charge on any atom is 0.294 e. The van der Waals surface area contributed by atoms with Crippen LogP contribution < -0.4 is 4.90 Å². The summed E-state index contributed by atoms with van der Waals surface area (Å²) in [5.74, 6) is 0. The van der Waals surface area contributed by atoms with Gasteiger partial charge in [0.2, 0.25) is 0 Å². The van der Waals surface area contributed by atoms with Gasteiger partial charge in [0.05, 0.1) is 9.85 Å². The third kappa shape index (κ3) is 4.15. The first-order valence-electron chi connectivity index (χ1n) is 7.61. The molecule has 0 N–H and O–H groups in total. The Morgan fingerprint density at radius 1 is 0.704 bits per heavy atom. The molecule has 0 aliphatic rings. The van der Waals surface area contributed by atoms with E-state index in [1.54, 1.807) is 41.3 Å². The van der Waals surface area contributed by atoms with Crippen molar-refractivity contribution in [2.45, 2.75) is 0 Å². The van der Waals surface area contributed by atoms with E-state index in [2.05, 4.69) is 31.9 Å². The molecule has 0 radical (unpaired) electrons. The van der Waals surface area contributed by atoms with E-state index < -0.39 is 9.85 Å². The Bertz CT molecular complexity index is 1010. The van der Waals surface area contributed by atoms with Crippen molar-refractivity contribution in [3.63, 3.8) is 0 Å². The van der Waals surface area contributed by atoms with Crippen molar-refractivity contribution in [3.8, 4) is 0 Å². The van der Waals surface area contributed by atoms with Crippen molar-refractivity contribution < 1.29 is 9.85 Å². The Morgan fingerprint density at radius 3 is 1.74 bits per heavy atom. The molecule has 0 unspecified atom stereocenters. The van der Waals surface area contributed by atoms with E-state index in [-0.39, 0.29) is 11.4 Å². The second kappa shape index (κ2) is 7.85. The topological polar surface area (TPSA) is 89.5 Å². The van der Waals surface area contributed by atoms with Gasteiger partial charge < -0.3 is 4.90 Å². The fraction of sp³-hybridized carbons (Fsp3) is 0. The number of benzene rings is 3. The summed E-state index contributed by atoms with van der Waals surface area (Å²) >= 11 is 6.63. The van der Waals surface area contributed by atoms with Crippen LogP contribution in [0, 0.1) is 20.2 Å². The summed E-state index contributed by atoms with van der Waals surface area (Å²) < 4.78 is 1.44. The molecule has 0 amide bonds. The van der Waals surface area contributed by atoms with Crippen LogP contribution in [0.4, 0.5) is 28.4 Å². The molecule has 0 aliphatic heterocycles. The zero-order valence-corrected chi connectivity index (χ0v) is 16.8. The second-order valence-corrected chi connectivity index (χ2v) is 7.31. The number of nitrogens with zero attached hydrogens (tertiary/aromatic N) is 3. The predicted molar refractivity (Wildman–Crippen MR) is 110 cm³/mol. The van der Waals surface area contributed by atoms with Gasteiger partial charge in [0, 0.05) is 38.5 Å². The molecule has 0 fully saturated rings. The van der Waals surface area contributed by atoms with Gasteiger partial charge in [-0.25, -0.2) is 0 Å². The first-order chi connectivity index (χ1) is 12.9. The van der Waals surface area contributed by atoms with Gasteiger partial charge in [-0.3, -0.25) is 20.2 Å². The average molecular weight is 493 g/mol. The summed E-state index contributed by atoms with van der Waals surface area (Å²) in [6.45, 7) is 0. The number of hydrogen-bond donors (Lipinski definition) is 0. The van der Waals surface area contributed by atoms with E-state index in [9.17, 15) is 20.2 Å². The molecule has 3 aromatic carbocycles. The highest BCUT2D eigenvalue weighted by molar-refractivity contribution is 9.10. The van der Waals surface area contributed by atoms with Crippen LogP contribution in [-0.4, -0.2) is 9.85 Å². The lowest BCUT2D eigenvalue weighted by Gasteiger charge is -2.25. The van der Waals surface area contributed by atoms with Crippen LogP contribution in [0.3, 0.4) is 0 Å². The quantitative estimate of drug-likeness (QED) is 0.299. The zero-order chi connectivity index (χ0) is 19.6. The average Bonchev–Trinajstić information content (AvgIpc) is 2.65. The van der Waals surface area contributed by atoms with E-state index in [1.165, 1.54) is 18.2 Å². The van der Waals surface area contributed by atoms with Gasteiger partial charge in [-0.15, -0.1) is 0 Å². The van der Waals surface area contributed by atoms with Crippen LogP contribution >= 0.6 is 31.9 Å². The number of rotatable bonds is 5. The Morgan fingerprint density at radius 2 is 1.22 bits per heavy atom. The minimum absolute atomic E-state index is 0.0557. The summed E-state index contributed by atoms with van der Waals surface area (Å²) in [6, 6.07) is 17.9. The molecular formula is C18H11Br2N3O4. The SMILES string of the molecule is O=[N+]([O-])c1ccc(N(c2ccc(Br)cc2)c2ccc(Br)cc2[N+](=O)[O-])cc1. The van der Waals surface area contributed by atoms with Crippen molar-refractivity contribution in [1.82, 2.24) is 0 Å². The molecule has 27 heavy (non-hydrogen) atoms. The van der Waals surface area contributed by atoms with E-state index >= 15 is 0 Å². The van der Waals surface area contributed by atoms with Crippen molar-refractivity contribution in [2.75, 3.05) is 4.90 Å². The van der Waals surface area contributed by atoms with Crippen molar-refractivity contribution in [3.05, 3.63) is 95.9 Å². The maximum atomic E-state index is 11.6. The second-order valence-electron chi connectivity index (χ2n) is 5.48. The lowest BCUT2D eigenvalue weighted by molar-refractivity contribution is -0.384. The molecule has 0 bridgehead atoms. The van der Waals surface area contributed by atoms with Crippen LogP contribution in [-0.2, 0) is 0 Å². The van der Waals surface area contributed by atoms with Gasteiger partial charge in [-0.2, -0.15) is 0 Å². The summed E-state index contributed by atoms with van der Waals surface area (Å²) in [6.07, 6.45) is 0. The Hall–Kier alpha value is -2.78. The number of non-ortho nitro benzene ring substituents is 1. The lowest BCUT2D eigenvalue weighted by Crippen LogP contribution is -2.12.